The van der Waals surface area contributed by atoms with Crippen LogP contribution >= 0.6 is 0 Å². The molecule has 2 rings (SSSR count). The number of hydrogen-bond donors (Lipinski definition) is 2. The van der Waals surface area contributed by atoms with Crippen molar-refractivity contribution in [3.05, 3.63) is 54.1 Å². The first-order chi connectivity index (χ1) is 17.9. The Kier molecular flexibility index (Phi) is 12.1. The van der Waals surface area contributed by atoms with Crippen LogP contribution in [0.15, 0.2) is 53.5 Å². The van der Waals surface area contributed by atoms with Gasteiger partial charge in [0.1, 0.15) is 19.3 Å². The maximum absolute atomic E-state index is 13.0. The number of carbonyl (C=O) groups excluding carboxylic acids is 3. The number of aryl methyl sites for hydroxylation is 1. The van der Waals surface area contributed by atoms with Gasteiger partial charge >= 0.3 is 11.9 Å². The minimum Gasteiger partial charge on any atom is -0.463 e. The van der Waals surface area contributed by atoms with Crippen molar-refractivity contribution in [1.82, 2.24) is 10.0 Å². The number of rotatable bonds is 4. The van der Waals surface area contributed by atoms with E-state index in [-0.39, 0.29) is 42.8 Å². The molecule has 1 aliphatic heterocycles. The van der Waals surface area contributed by atoms with Gasteiger partial charge in [0.15, 0.2) is 0 Å². The average molecular weight is 551 g/mol. The smallest absolute Gasteiger partial charge is 0.328 e. The highest BCUT2D eigenvalue weighted by Crippen LogP contribution is 2.15. The first kappa shape index (κ1) is 31.2. The highest BCUT2D eigenvalue weighted by Gasteiger charge is 2.26. The molecule has 1 aliphatic rings. The second-order valence-electron chi connectivity index (χ2n) is 9.40. The maximum atomic E-state index is 13.0. The number of methoxy groups -OCH3 is 1. The van der Waals surface area contributed by atoms with Crippen molar-refractivity contribution >= 4 is 27.9 Å². The Bertz CT molecular complexity index is 1110. The SMILES string of the molecule is CO[C@@H]1COC(=O)C/C=C/[C@@H](C)[C@H](NS(=O)(=O)c2ccc(C)cc2)COC(=O)[C@H](C)NC(=O)C/C=C/[C@H]1C. The Hall–Kier alpha value is -3.02. The van der Waals surface area contributed by atoms with Gasteiger partial charge in [-0.15, -0.1) is 0 Å². The summed E-state index contributed by atoms with van der Waals surface area (Å²) in [6.45, 7) is 6.70. The van der Waals surface area contributed by atoms with Crippen LogP contribution in [0.25, 0.3) is 0 Å². The Balaban J connectivity index is 2.25. The highest BCUT2D eigenvalue weighted by molar-refractivity contribution is 7.89. The van der Waals surface area contributed by atoms with Crippen LogP contribution in [-0.2, 0) is 38.6 Å². The van der Waals surface area contributed by atoms with Gasteiger partial charge in [0, 0.05) is 19.4 Å². The second kappa shape index (κ2) is 14.8. The molecule has 1 aromatic rings. The van der Waals surface area contributed by atoms with Crippen molar-refractivity contribution < 1.29 is 37.0 Å². The highest BCUT2D eigenvalue weighted by atomic mass is 32.2. The molecule has 11 heteroatoms. The van der Waals surface area contributed by atoms with Crippen molar-refractivity contribution in [3.8, 4) is 0 Å². The van der Waals surface area contributed by atoms with Gasteiger partial charge in [-0.25, -0.2) is 17.9 Å². The fraction of sp³-hybridized carbons (Fsp3) is 0.519. The lowest BCUT2D eigenvalue weighted by molar-refractivity contribution is -0.148. The van der Waals surface area contributed by atoms with Crippen LogP contribution in [0.2, 0.25) is 0 Å². The van der Waals surface area contributed by atoms with E-state index >= 15 is 0 Å². The van der Waals surface area contributed by atoms with Crippen molar-refractivity contribution in [2.45, 2.75) is 63.6 Å². The normalized spacial score (nSPS) is 28.6. The summed E-state index contributed by atoms with van der Waals surface area (Å²) in [5.74, 6) is -2.15. The molecule has 38 heavy (non-hydrogen) atoms. The van der Waals surface area contributed by atoms with E-state index in [0.29, 0.717) is 0 Å². The second-order valence-corrected chi connectivity index (χ2v) is 11.1. The fourth-order valence-electron chi connectivity index (χ4n) is 3.63. The molecule has 5 atom stereocenters. The van der Waals surface area contributed by atoms with Crippen LogP contribution < -0.4 is 10.0 Å². The molecule has 0 aromatic heterocycles. The van der Waals surface area contributed by atoms with Gasteiger partial charge in [-0.05, 0) is 31.9 Å². The number of nitrogens with one attached hydrogen (secondary N) is 2. The van der Waals surface area contributed by atoms with E-state index in [1.165, 1.54) is 26.2 Å². The summed E-state index contributed by atoms with van der Waals surface area (Å²) in [4.78, 5) is 37.2. The number of cyclic esters (lactones) is 2. The van der Waals surface area contributed by atoms with Crippen LogP contribution in [0.5, 0.6) is 0 Å². The third-order valence-electron chi connectivity index (χ3n) is 6.17. The van der Waals surface area contributed by atoms with E-state index < -0.39 is 46.1 Å². The zero-order valence-electron chi connectivity index (χ0n) is 22.5. The number of esters is 2. The summed E-state index contributed by atoms with van der Waals surface area (Å²) >= 11 is 0. The third-order valence-corrected chi connectivity index (χ3v) is 7.68. The number of hydrogen-bond acceptors (Lipinski definition) is 8. The van der Waals surface area contributed by atoms with Crippen LogP contribution in [0.4, 0.5) is 0 Å². The molecule has 0 unspecified atom stereocenters. The van der Waals surface area contributed by atoms with Gasteiger partial charge in [-0.1, -0.05) is 55.8 Å². The number of ether oxygens (including phenoxy) is 3. The van der Waals surface area contributed by atoms with Gasteiger partial charge in [0.25, 0.3) is 0 Å². The molecule has 0 aliphatic carbocycles. The van der Waals surface area contributed by atoms with E-state index in [2.05, 4.69) is 10.0 Å². The summed E-state index contributed by atoms with van der Waals surface area (Å²) in [5.41, 5.74) is 0.908. The summed E-state index contributed by atoms with van der Waals surface area (Å²) in [5, 5.41) is 2.58. The van der Waals surface area contributed by atoms with E-state index in [0.717, 1.165) is 5.56 Å². The molecular formula is C27H38N2O8S. The van der Waals surface area contributed by atoms with Crippen LogP contribution in [-0.4, -0.2) is 64.8 Å². The number of sulfonamides is 1. The van der Waals surface area contributed by atoms with Crippen molar-refractivity contribution in [2.24, 2.45) is 11.8 Å². The molecule has 0 spiro atoms. The molecule has 0 radical (unpaired) electrons. The van der Waals surface area contributed by atoms with Gasteiger partial charge in [-0.2, -0.15) is 0 Å². The molecule has 1 amide bonds. The molecule has 10 nitrogen and oxygen atoms in total. The van der Waals surface area contributed by atoms with Gasteiger partial charge < -0.3 is 19.5 Å². The monoisotopic (exact) mass is 550 g/mol. The summed E-state index contributed by atoms with van der Waals surface area (Å²) in [7, 11) is -2.42. The predicted molar refractivity (Wildman–Crippen MR) is 141 cm³/mol. The third kappa shape index (κ3) is 10.0. The van der Waals surface area contributed by atoms with E-state index in [4.69, 9.17) is 14.2 Å². The Morgan fingerprint density at radius 3 is 2.21 bits per heavy atom. The molecular weight excluding hydrogens is 512 g/mol. The molecule has 0 saturated heterocycles. The molecule has 0 bridgehead atoms. The molecule has 1 aromatic carbocycles. The fourth-order valence-corrected chi connectivity index (χ4v) is 4.94. The summed E-state index contributed by atoms with van der Waals surface area (Å²) < 4.78 is 44.8. The lowest BCUT2D eigenvalue weighted by atomic mass is 10.0. The topological polar surface area (TPSA) is 137 Å². The quantitative estimate of drug-likeness (QED) is 0.431. The summed E-state index contributed by atoms with van der Waals surface area (Å²) in [6, 6.07) is 4.57. The van der Waals surface area contributed by atoms with Gasteiger partial charge in [0.2, 0.25) is 15.9 Å². The minimum absolute atomic E-state index is 0.0259. The van der Waals surface area contributed by atoms with E-state index in [1.54, 1.807) is 43.4 Å². The molecule has 1 heterocycles. The molecule has 0 fully saturated rings. The largest absolute Gasteiger partial charge is 0.463 e. The lowest BCUT2D eigenvalue weighted by Crippen LogP contribution is -2.45. The number of carbonyl (C=O) groups is 3. The van der Waals surface area contributed by atoms with Crippen molar-refractivity contribution in [3.63, 3.8) is 0 Å². The Morgan fingerprint density at radius 2 is 1.55 bits per heavy atom. The molecule has 0 saturated carbocycles. The van der Waals surface area contributed by atoms with Crippen LogP contribution in [0.3, 0.4) is 0 Å². The van der Waals surface area contributed by atoms with Gasteiger partial charge in [-0.3, -0.25) is 9.59 Å². The van der Waals surface area contributed by atoms with Gasteiger partial charge in [0.05, 0.1) is 23.5 Å². The van der Waals surface area contributed by atoms with Crippen LogP contribution in [0, 0.1) is 18.8 Å². The van der Waals surface area contributed by atoms with Crippen molar-refractivity contribution in [1.29, 1.82) is 0 Å². The van der Waals surface area contributed by atoms with E-state index in [1.807, 2.05) is 13.8 Å². The lowest BCUT2D eigenvalue weighted by Gasteiger charge is -2.24. The first-order valence-electron chi connectivity index (χ1n) is 12.5. The Labute approximate surface area is 224 Å². The number of amides is 1. The molecule has 2 N–H and O–H groups in total. The number of benzene rings is 1. The van der Waals surface area contributed by atoms with Crippen LogP contribution in [0.1, 0.15) is 39.2 Å². The summed E-state index contributed by atoms with van der Waals surface area (Å²) in [6.07, 6.45) is 6.28. The predicted octanol–water partition coefficient (Wildman–Crippen LogP) is 2.43. The maximum Gasteiger partial charge on any atom is 0.328 e. The zero-order valence-corrected chi connectivity index (χ0v) is 23.3. The zero-order chi connectivity index (χ0) is 28.3. The van der Waals surface area contributed by atoms with Crippen molar-refractivity contribution in [2.75, 3.05) is 20.3 Å². The minimum atomic E-state index is -3.93. The average Bonchev–Trinajstić information content (AvgIpc) is 2.86. The Morgan fingerprint density at radius 1 is 0.921 bits per heavy atom. The van der Waals surface area contributed by atoms with E-state index in [9.17, 15) is 22.8 Å². The first-order valence-corrected chi connectivity index (χ1v) is 14.0. The standard InChI is InChI=1S/C27H38N2O8S/c1-18-12-14-22(15-13-18)38(33,34)29-23-16-37-27(32)21(4)28-25(30)10-6-9-20(3)24(35-5)17-36-26(31)11-7-8-19(23)2/h6-9,12-15,19-21,23-24,29H,10-11,16-17H2,1-5H3,(H,28,30)/b8-7+,9-6+/t19-,20-,21+,23-,24-/m1/s1. The molecule has 210 valence electrons.